The highest BCUT2D eigenvalue weighted by Crippen LogP contribution is 2.27. The van der Waals surface area contributed by atoms with Gasteiger partial charge in [0, 0.05) is 11.8 Å². The van der Waals surface area contributed by atoms with Crippen molar-refractivity contribution in [1.82, 2.24) is 9.97 Å². The monoisotopic (exact) mass is 319 g/mol. The topological polar surface area (TPSA) is 74.8 Å². The maximum absolute atomic E-state index is 12.3. The Balaban J connectivity index is 1.96. The first-order valence-electron chi connectivity index (χ1n) is 7.59. The number of nitrogens with one attached hydrogen (secondary N) is 2. The van der Waals surface area contributed by atoms with Crippen LogP contribution >= 0.6 is 0 Å². The summed E-state index contributed by atoms with van der Waals surface area (Å²) < 4.78 is 0. The van der Waals surface area contributed by atoms with Gasteiger partial charge < -0.3 is 10.3 Å². The Kier molecular flexibility index (Phi) is 4.24. The second-order valence-corrected chi connectivity index (χ2v) is 5.51. The number of carbonyl (C=O) groups is 1. The number of benzene rings is 1. The van der Waals surface area contributed by atoms with E-state index >= 15 is 0 Å². The SMILES string of the molecule is Cc1nc(NC(=O)c2cccc(=O)[nH]2)cc(-c2ccccc2)c1C. The molecule has 0 unspecified atom stereocenters. The first-order chi connectivity index (χ1) is 11.5. The molecule has 0 saturated carbocycles. The molecule has 0 radical (unpaired) electrons. The summed E-state index contributed by atoms with van der Waals surface area (Å²) in [5.74, 6) is 0.0501. The lowest BCUT2D eigenvalue weighted by atomic mass is 10.0. The van der Waals surface area contributed by atoms with Gasteiger partial charge in [-0.2, -0.15) is 0 Å². The molecule has 1 amide bonds. The van der Waals surface area contributed by atoms with Gasteiger partial charge >= 0.3 is 0 Å². The molecule has 5 heteroatoms. The molecular weight excluding hydrogens is 302 g/mol. The van der Waals surface area contributed by atoms with E-state index in [-0.39, 0.29) is 11.3 Å². The van der Waals surface area contributed by atoms with Gasteiger partial charge in [-0.1, -0.05) is 36.4 Å². The minimum Gasteiger partial charge on any atom is -0.318 e. The van der Waals surface area contributed by atoms with Gasteiger partial charge in [-0.05, 0) is 42.7 Å². The molecule has 0 bridgehead atoms. The van der Waals surface area contributed by atoms with Crippen molar-refractivity contribution < 1.29 is 4.79 Å². The number of aryl methyl sites for hydroxylation is 1. The Labute approximate surface area is 139 Å². The number of anilines is 1. The number of pyridine rings is 2. The van der Waals surface area contributed by atoms with Crippen molar-refractivity contribution in [3.8, 4) is 11.1 Å². The quantitative estimate of drug-likeness (QED) is 0.778. The molecule has 2 N–H and O–H groups in total. The summed E-state index contributed by atoms with van der Waals surface area (Å²) in [7, 11) is 0. The summed E-state index contributed by atoms with van der Waals surface area (Å²) >= 11 is 0. The summed E-state index contributed by atoms with van der Waals surface area (Å²) in [6.45, 7) is 3.91. The molecule has 24 heavy (non-hydrogen) atoms. The molecule has 1 aromatic carbocycles. The number of nitrogens with zero attached hydrogens (tertiary/aromatic N) is 1. The number of aromatic amines is 1. The molecule has 0 saturated heterocycles. The molecule has 2 aromatic heterocycles. The van der Waals surface area contributed by atoms with Crippen LogP contribution in [0, 0.1) is 13.8 Å². The fraction of sp³-hybridized carbons (Fsp3) is 0.105. The van der Waals surface area contributed by atoms with Crippen molar-refractivity contribution in [3.63, 3.8) is 0 Å². The predicted octanol–water partition coefficient (Wildman–Crippen LogP) is 3.31. The fourth-order valence-electron chi connectivity index (χ4n) is 2.48. The van der Waals surface area contributed by atoms with Crippen molar-refractivity contribution >= 4 is 11.7 Å². The standard InChI is InChI=1S/C19H17N3O2/c1-12-13(2)20-17(11-15(12)14-7-4-3-5-8-14)22-19(24)16-9-6-10-18(23)21-16/h3-11H,1-2H3,(H,21,23)(H,20,22,24). The van der Waals surface area contributed by atoms with Crippen LogP contribution in [-0.2, 0) is 0 Å². The van der Waals surface area contributed by atoms with E-state index < -0.39 is 5.91 Å². The van der Waals surface area contributed by atoms with Crippen LogP contribution in [-0.4, -0.2) is 15.9 Å². The minimum absolute atomic E-state index is 0.198. The number of hydrogen-bond donors (Lipinski definition) is 2. The van der Waals surface area contributed by atoms with Crippen LogP contribution in [0.4, 0.5) is 5.82 Å². The molecule has 0 fully saturated rings. The third-order valence-corrected chi connectivity index (χ3v) is 3.86. The summed E-state index contributed by atoms with van der Waals surface area (Å²) in [6, 6.07) is 16.2. The Morgan fingerprint density at radius 3 is 2.50 bits per heavy atom. The number of aromatic nitrogens is 2. The number of amides is 1. The molecular formula is C19H17N3O2. The van der Waals surface area contributed by atoms with Crippen molar-refractivity contribution in [3.05, 3.63) is 81.9 Å². The lowest BCUT2D eigenvalue weighted by Crippen LogP contribution is -2.18. The van der Waals surface area contributed by atoms with Crippen LogP contribution in [0.2, 0.25) is 0 Å². The average molecular weight is 319 g/mol. The normalized spacial score (nSPS) is 10.4. The van der Waals surface area contributed by atoms with Crippen molar-refractivity contribution in [2.45, 2.75) is 13.8 Å². The third kappa shape index (κ3) is 3.25. The van der Waals surface area contributed by atoms with E-state index in [4.69, 9.17) is 0 Å². The largest absolute Gasteiger partial charge is 0.318 e. The van der Waals surface area contributed by atoms with Crippen molar-refractivity contribution in [1.29, 1.82) is 0 Å². The van der Waals surface area contributed by atoms with Gasteiger partial charge in [0.1, 0.15) is 11.5 Å². The Morgan fingerprint density at radius 1 is 1.04 bits per heavy atom. The number of carbonyl (C=O) groups excluding carboxylic acids is 1. The molecule has 0 aliphatic heterocycles. The number of hydrogen-bond acceptors (Lipinski definition) is 3. The third-order valence-electron chi connectivity index (χ3n) is 3.86. The predicted molar refractivity (Wildman–Crippen MR) is 94.2 cm³/mol. The zero-order valence-corrected chi connectivity index (χ0v) is 13.5. The van der Waals surface area contributed by atoms with Gasteiger partial charge in [-0.25, -0.2) is 4.98 Å². The van der Waals surface area contributed by atoms with Crippen molar-refractivity contribution in [2.75, 3.05) is 5.32 Å². The van der Waals surface area contributed by atoms with Crippen LogP contribution in [0.1, 0.15) is 21.7 Å². The maximum Gasteiger partial charge on any atom is 0.273 e. The molecule has 2 heterocycles. The second kappa shape index (κ2) is 6.50. The summed E-state index contributed by atoms with van der Waals surface area (Å²) in [6.07, 6.45) is 0. The Bertz CT molecular complexity index is 946. The van der Waals surface area contributed by atoms with Crippen LogP contribution < -0.4 is 10.9 Å². The van der Waals surface area contributed by atoms with E-state index in [1.807, 2.05) is 50.2 Å². The molecule has 0 atom stereocenters. The Hall–Kier alpha value is -3.21. The van der Waals surface area contributed by atoms with Crippen LogP contribution in [0.5, 0.6) is 0 Å². The molecule has 0 aliphatic carbocycles. The second-order valence-electron chi connectivity index (χ2n) is 5.51. The first kappa shape index (κ1) is 15.7. The van der Waals surface area contributed by atoms with Crippen LogP contribution in [0.15, 0.2) is 59.4 Å². The molecule has 0 aliphatic rings. The van der Waals surface area contributed by atoms with E-state index in [1.54, 1.807) is 6.07 Å². The van der Waals surface area contributed by atoms with E-state index in [9.17, 15) is 9.59 Å². The number of H-pyrrole nitrogens is 1. The first-order valence-corrected chi connectivity index (χ1v) is 7.59. The highest BCUT2D eigenvalue weighted by Gasteiger charge is 2.12. The van der Waals surface area contributed by atoms with E-state index in [0.717, 1.165) is 22.4 Å². The van der Waals surface area contributed by atoms with E-state index in [2.05, 4.69) is 15.3 Å². The molecule has 3 aromatic rings. The summed E-state index contributed by atoms with van der Waals surface area (Å²) in [5, 5.41) is 2.74. The van der Waals surface area contributed by atoms with Gasteiger partial charge in [-0.15, -0.1) is 0 Å². The van der Waals surface area contributed by atoms with Crippen molar-refractivity contribution in [2.24, 2.45) is 0 Å². The van der Waals surface area contributed by atoms with E-state index in [0.29, 0.717) is 5.82 Å². The highest BCUT2D eigenvalue weighted by atomic mass is 16.2. The number of rotatable bonds is 3. The molecule has 120 valence electrons. The van der Waals surface area contributed by atoms with Gasteiger partial charge in [0.05, 0.1) is 0 Å². The zero-order chi connectivity index (χ0) is 17.1. The lowest BCUT2D eigenvalue weighted by molar-refractivity contribution is 0.102. The van der Waals surface area contributed by atoms with Gasteiger partial charge in [-0.3, -0.25) is 9.59 Å². The van der Waals surface area contributed by atoms with Crippen LogP contribution in [0.3, 0.4) is 0 Å². The summed E-state index contributed by atoms with van der Waals surface area (Å²) in [5.41, 5.74) is 3.86. The zero-order valence-electron chi connectivity index (χ0n) is 13.5. The minimum atomic E-state index is -0.400. The fourth-order valence-corrected chi connectivity index (χ4v) is 2.48. The van der Waals surface area contributed by atoms with E-state index in [1.165, 1.54) is 12.1 Å². The van der Waals surface area contributed by atoms with Gasteiger partial charge in [0.25, 0.3) is 5.91 Å². The van der Waals surface area contributed by atoms with Crippen LogP contribution in [0.25, 0.3) is 11.1 Å². The maximum atomic E-state index is 12.3. The summed E-state index contributed by atoms with van der Waals surface area (Å²) in [4.78, 5) is 30.6. The van der Waals surface area contributed by atoms with Gasteiger partial charge in [0.15, 0.2) is 0 Å². The molecule has 5 nitrogen and oxygen atoms in total. The molecule has 0 spiro atoms. The average Bonchev–Trinajstić information content (AvgIpc) is 2.58. The Morgan fingerprint density at radius 2 is 1.79 bits per heavy atom. The smallest absolute Gasteiger partial charge is 0.273 e. The highest BCUT2D eigenvalue weighted by molar-refractivity contribution is 6.02. The molecule has 3 rings (SSSR count). The van der Waals surface area contributed by atoms with Gasteiger partial charge in [0.2, 0.25) is 5.56 Å². The lowest BCUT2D eigenvalue weighted by Gasteiger charge is -2.12.